The molecule has 0 fully saturated rings. The third kappa shape index (κ3) is 16.3. The summed E-state index contributed by atoms with van der Waals surface area (Å²) in [6, 6.07) is 0. The summed E-state index contributed by atoms with van der Waals surface area (Å²) in [6.45, 7) is 3.64. The van der Waals surface area contributed by atoms with Crippen molar-refractivity contribution >= 4 is 17.8 Å². The normalized spacial score (nSPS) is 11.6. The third-order valence-electron chi connectivity index (χ3n) is 4.01. The van der Waals surface area contributed by atoms with E-state index in [1.54, 1.807) is 0 Å². The van der Waals surface area contributed by atoms with E-state index < -0.39 is 6.23 Å². The maximum Gasteiger partial charge on any atom is 0.270 e. The highest BCUT2D eigenvalue weighted by atomic mass is 16.5. The zero-order chi connectivity index (χ0) is 21.0. The van der Waals surface area contributed by atoms with Gasteiger partial charge in [-0.3, -0.25) is 14.6 Å². The van der Waals surface area contributed by atoms with Crippen LogP contribution in [0.4, 0.5) is 0 Å². The number of unbranched alkanes of at least 4 members (excludes halogenated alkanes) is 4. The minimum Gasteiger partial charge on any atom is -0.370 e. The number of nitrogens with two attached hydrogens (primary N) is 3. The maximum atomic E-state index is 12.1. The highest BCUT2D eigenvalue weighted by molar-refractivity contribution is 5.86. The van der Waals surface area contributed by atoms with Gasteiger partial charge in [-0.15, -0.1) is 0 Å². The van der Waals surface area contributed by atoms with Crippen LogP contribution in [0.2, 0.25) is 0 Å². The Hall–Kier alpha value is -1.91. The van der Waals surface area contributed by atoms with Crippen LogP contribution in [0.1, 0.15) is 51.4 Å². The molecule has 10 nitrogen and oxygen atoms in total. The van der Waals surface area contributed by atoms with Crippen LogP contribution < -0.4 is 33.2 Å². The number of ether oxygens (including phenoxy) is 1. The smallest absolute Gasteiger partial charge is 0.270 e. The molecule has 28 heavy (non-hydrogen) atoms. The highest BCUT2D eigenvalue weighted by Gasteiger charge is 2.19. The fraction of sp³-hybridized carbons (Fsp3) is 0.833. The van der Waals surface area contributed by atoms with E-state index in [4.69, 9.17) is 21.9 Å². The summed E-state index contributed by atoms with van der Waals surface area (Å²) in [5.74, 6) is -0.429. The van der Waals surface area contributed by atoms with E-state index in [0.29, 0.717) is 26.1 Å². The summed E-state index contributed by atoms with van der Waals surface area (Å²) in [5.41, 5.74) is 15.9. The molecule has 0 radical (unpaired) electrons. The Morgan fingerprint density at radius 1 is 0.964 bits per heavy atom. The average molecular weight is 402 g/mol. The van der Waals surface area contributed by atoms with Gasteiger partial charge in [-0.2, -0.15) is 0 Å². The third-order valence-corrected chi connectivity index (χ3v) is 4.01. The number of amides is 2. The van der Waals surface area contributed by atoms with Gasteiger partial charge in [0.1, 0.15) is 0 Å². The summed E-state index contributed by atoms with van der Waals surface area (Å²) < 4.78 is 5.08. The van der Waals surface area contributed by atoms with Crippen LogP contribution in [0.5, 0.6) is 0 Å². The lowest BCUT2D eigenvalue weighted by atomic mass is 10.1. The summed E-state index contributed by atoms with van der Waals surface area (Å²) in [4.78, 5) is 27.9. The van der Waals surface area contributed by atoms with Gasteiger partial charge in [0.15, 0.2) is 5.96 Å². The zero-order valence-electron chi connectivity index (χ0n) is 17.2. The van der Waals surface area contributed by atoms with Gasteiger partial charge < -0.3 is 37.9 Å². The van der Waals surface area contributed by atoms with Crippen molar-refractivity contribution in [3.05, 3.63) is 0 Å². The molecule has 0 aliphatic carbocycles. The van der Waals surface area contributed by atoms with E-state index in [1.165, 1.54) is 7.11 Å². The Balaban J connectivity index is 3.76. The van der Waals surface area contributed by atoms with Gasteiger partial charge in [0.05, 0.1) is 0 Å². The van der Waals surface area contributed by atoms with E-state index >= 15 is 0 Å². The number of hydrogen-bond acceptors (Lipinski definition) is 6. The number of nitrogens with one attached hydrogen (secondary N) is 3. The molecule has 0 rings (SSSR count). The van der Waals surface area contributed by atoms with Crippen molar-refractivity contribution in [2.24, 2.45) is 22.2 Å². The van der Waals surface area contributed by atoms with Crippen LogP contribution in [-0.2, 0) is 14.3 Å². The summed E-state index contributed by atoms with van der Waals surface area (Å²) in [6.07, 6.45) is 5.62. The quantitative estimate of drug-likeness (QED) is 0.0750. The van der Waals surface area contributed by atoms with Crippen LogP contribution in [0.15, 0.2) is 4.99 Å². The predicted octanol–water partition coefficient (Wildman–Crippen LogP) is -0.866. The first-order valence-corrected chi connectivity index (χ1v) is 10.1. The largest absolute Gasteiger partial charge is 0.370 e. The molecule has 0 saturated carbocycles. The fourth-order valence-corrected chi connectivity index (χ4v) is 2.44. The molecular formula is C18H39N7O3. The maximum absolute atomic E-state index is 12.1. The molecule has 164 valence electrons. The number of carbonyl (C=O) groups is 2. The summed E-state index contributed by atoms with van der Waals surface area (Å²) >= 11 is 0. The topological polar surface area (TPSA) is 170 Å². The standard InChI is InChI=1S/C18H39N7O3/c1-28-17(16(27)23-13-7-6-11-22-12-8-10-19)25-15(26)9-4-2-3-5-14-24-18(20)21/h17,22H,2-14,19H2,1H3,(H,23,27)(H,25,26)(H4,20,21,24)/t17-/m0/s1. The number of nitrogens with zero attached hydrogens (tertiary/aromatic N) is 1. The monoisotopic (exact) mass is 401 g/mol. The van der Waals surface area contributed by atoms with Gasteiger partial charge in [-0.05, 0) is 51.7 Å². The number of rotatable bonds is 18. The molecular weight excluding hydrogens is 362 g/mol. The Kier molecular flexibility index (Phi) is 17.2. The minimum absolute atomic E-state index is 0.0995. The van der Waals surface area contributed by atoms with E-state index in [-0.39, 0.29) is 17.8 Å². The lowest BCUT2D eigenvalue weighted by Crippen LogP contribution is -2.48. The van der Waals surface area contributed by atoms with Gasteiger partial charge in [0.25, 0.3) is 5.91 Å². The van der Waals surface area contributed by atoms with Crippen LogP contribution in [0.3, 0.4) is 0 Å². The second-order valence-corrected chi connectivity index (χ2v) is 6.54. The van der Waals surface area contributed by atoms with Gasteiger partial charge in [-0.1, -0.05) is 12.8 Å². The number of methoxy groups -OCH3 is 1. The number of hydrogen-bond donors (Lipinski definition) is 6. The lowest BCUT2D eigenvalue weighted by molar-refractivity contribution is -0.139. The molecule has 10 heteroatoms. The van der Waals surface area contributed by atoms with E-state index in [2.05, 4.69) is 20.9 Å². The van der Waals surface area contributed by atoms with Crippen molar-refractivity contribution in [3.63, 3.8) is 0 Å². The van der Waals surface area contributed by atoms with Crippen molar-refractivity contribution < 1.29 is 14.3 Å². The molecule has 0 aromatic rings. The number of aliphatic imine (C=N–C) groups is 1. The Bertz CT molecular complexity index is 443. The van der Waals surface area contributed by atoms with E-state index in [9.17, 15) is 9.59 Å². The second-order valence-electron chi connectivity index (χ2n) is 6.54. The van der Waals surface area contributed by atoms with Crippen molar-refractivity contribution in [1.82, 2.24) is 16.0 Å². The Labute approximate surface area is 168 Å². The van der Waals surface area contributed by atoms with Crippen molar-refractivity contribution in [3.8, 4) is 0 Å². The van der Waals surface area contributed by atoms with Gasteiger partial charge in [0, 0.05) is 26.6 Å². The van der Waals surface area contributed by atoms with Crippen molar-refractivity contribution in [2.75, 3.05) is 39.8 Å². The predicted molar refractivity (Wildman–Crippen MR) is 111 cm³/mol. The Morgan fingerprint density at radius 2 is 1.64 bits per heavy atom. The summed E-state index contributed by atoms with van der Waals surface area (Å²) in [5, 5.41) is 8.67. The zero-order valence-corrected chi connectivity index (χ0v) is 17.2. The second kappa shape index (κ2) is 18.5. The average Bonchev–Trinajstić information content (AvgIpc) is 2.66. The number of guanidine groups is 1. The molecule has 0 saturated heterocycles. The van der Waals surface area contributed by atoms with Gasteiger partial charge in [0.2, 0.25) is 12.1 Å². The molecule has 2 amide bonds. The summed E-state index contributed by atoms with van der Waals surface area (Å²) in [7, 11) is 1.40. The SMILES string of the molecule is CO[C@H](NC(=O)CCCCCCN=C(N)N)C(=O)NCCCCNCCCN. The highest BCUT2D eigenvalue weighted by Crippen LogP contribution is 2.03. The molecule has 0 unspecified atom stereocenters. The van der Waals surface area contributed by atoms with Crippen molar-refractivity contribution in [2.45, 2.75) is 57.6 Å². The molecule has 0 aliphatic rings. The first-order chi connectivity index (χ1) is 13.5. The molecule has 0 spiro atoms. The first-order valence-electron chi connectivity index (χ1n) is 10.1. The van der Waals surface area contributed by atoms with Gasteiger partial charge >= 0.3 is 0 Å². The van der Waals surface area contributed by atoms with E-state index in [1.807, 2.05) is 0 Å². The molecule has 0 bridgehead atoms. The van der Waals surface area contributed by atoms with Crippen molar-refractivity contribution in [1.29, 1.82) is 0 Å². The lowest BCUT2D eigenvalue weighted by Gasteiger charge is -2.17. The molecule has 0 aliphatic heterocycles. The fourth-order valence-electron chi connectivity index (χ4n) is 2.44. The molecule has 0 heterocycles. The molecule has 1 atom stereocenters. The van der Waals surface area contributed by atoms with Gasteiger partial charge in [-0.25, -0.2) is 0 Å². The van der Waals surface area contributed by atoms with E-state index in [0.717, 1.165) is 58.0 Å². The Morgan fingerprint density at radius 3 is 2.32 bits per heavy atom. The number of carbonyl (C=O) groups excluding carboxylic acids is 2. The molecule has 9 N–H and O–H groups in total. The van der Waals surface area contributed by atoms with Crippen LogP contribution in [0.25, 0.3) is 0 Å². The van der Waals surface area contributed by atoms with Crippen LogP contribution >= 0.6 is 0 Å². The van der Waals surface area contributed by atoms with Crippen LogP contribution in [0, 0.1) is 0 Å². The molecule has 0 aromatic carbocycles. The minimum atomic E-state index is -0.961. The first kappa shape index (κ1) is 26.1. The van der Waals surface area contributed by atoms with Crippen LogP contribution in [-0.4, -0.2) is 63.8 Å². The molecule has 0 aromatic heterocycles.